The van der Waals surface area contributed by atoms with Crippen LogP contribution in [0.3, 0.4) is 0 Å². The lowest BCUT2D eigenvalue weighted by atomic mass is 10.2. The molecule has 0 radical (unpaired) electrons. The summed E-state index contributed by atoms with van der Waals surface area (Å²) in [5.74, 6) is -4.20. The third-order valence-corrected chi connectivity index (χ3v) is 5.19. The van der Waals surface area contributed by atoms with Crippen molar-refractivity contribution in [3.63, 3.8) is 0 Å². The summed E-state index contributed by atoms with van der Waals surface area (Å²) in [7, 11) is -9.40. The van der Waals surface area contributed by atoms with Crippen LogP contribution in [0, 0.1) is 0 Å². The number of hydrogen-bond acceptors (Lipinski definition) is 10. The van der Waals surface area contributed by atoms with Crippen molar-refractivity contribution in [3.05, 3.63) is 72.3 Å². The van der Waals surface area contributed by atoms with E-state index in [1.165, 1.54) is 0 Å². The minimum absolute atomic E-state index is 0. The first-order valence-electron chi connectivity index (χ1n) is 8.51. The SMILES string of the molecule is O.O.O=C(O)c1cc(S(=O)(=O)[O-])ccc1O.O=C(O)c1cc(S(=O)(=O)[O-])ccc1O.c1c[nH+]cc[nH+]1. The van der Waals surface area contributed by atoms with E-state index in [1.54, 1.807) is 0 Å². The molecule has 0 spiro atoms. The average Bonchev–Trinajstić information content (AvgIpc) is 2.74. The van der Waals surface area contributed by atoms with Crippen LogP contribution in [0.2, 0.25) is 0 Å². The van der Waals surface area contributed by atoms with Crippen LogP contribution in [0.4, 0.5) is 0 Å². The van der Waals surface area contributed by atoms with Crippen LogP contribution >= 0.6 is 0 Å². The highest BCUT2D eigenvalue weighted by molar-refractivity contribution is 7.86. The predicted molar refractivity (Wildman–Crippen MR) is 113 cm³/mol. The molecule has 2 aromatic carbocycles. The Morgan fingerprint density at radius 1 is 0.639 bits per heavy atom. The molecule has 0 fully saturated rings. The predicted octanol–water partition coefficient (Wildman–Crippen LogP) is -2.35. The number of aromatic amines is 2. The van der Waals surface area contributed by atoms with Crippen LogP contribution in [-0.2, 0) is 20.2 Å². The molecule has 1 aromatic heterocycles. The quantitative estimate of drug-likeness (QED) is 0.247. The van der Waals surface area contributed by atoms with Crippen molar-refractivity contribution in [1.82, 2.24) is 0 Å². The topological polar surface area (TPSA) is 321 Å². The van der Waals surface area contributed by atoms with Gasteiger partial charge in [0.1, 0.15) is 42.9 Å². The van der Waals surface area contributed by atoms with Crippen molar-refractivity contribution < 1.29 is 76.9 Å². The van der Waals surface area contributed by atoms with Crippen molar-refractivity contribution in [3.8, 4) is 11.5 Å². The molecule has 18 heteroatoms. The lowest BCUT2D eigenvalue weighted by Gasteiger charge is -2.08. The van der Waals surface area contributed by atoms with Gasteiger partial charge in [-0.1, -0.05) is 0 Å². The first-order chi connectivity index (χ1) is 15.6. The molecule has 3 aromatic rings. The van der Waals surface area contributed by atoms with E-state index in [9.17, 15) is 35.5 Å². The van der Waals surface area contributed by atoms with Crippen LogP contribution in [-0.4, -0.2) is 69.3 Å². The molecule has 0 bridgehead atoms. The zero-order chi connectivity index (χ0) is 26.1. The Balaban J connectivity index is 0. The highest BCUT2D eigenvalue weighted by atomic mass is 32.2. The van der Waals surface area contributed by atoms with Gasteiger partial charge in [-0.3, -0.25) is 0 Å². The Labute approximate surface area is 202 Å². The summed E-state index contributed by atoms with van der Waals surface area (Å²) >= 11 is 0. The van der Waals surface area contributed by atoms with Gasteiger partial charge in [-0.2, -0.15) is 0 Å². The Kier molecular flexibility index (Phi) is 13.5. The number of aromatic hydroxyl groups is 2. The Morgan fingerprint density at radius 3 is 1.11 bits per heavy atom. The van der Waals surface area contributed by atoms with Crippen molar-refractivity contribution in [2.24, 2.45) is 0 Å². The summed E-state index contributed by atoms with van der Waals surface area (Å²) in [5, 5.41) is 35.0. The van der Waals surface area contributed by atoms with Gasteiger partial charge in [0.15, 0.2) is 0 Å². The van der Waals surface area contributed by atoms with Gasteiger partial charge in [-0.25, -0.2) is 36.4 Å². The molecule has 0 amide bonds. The fraction of sp³-hybridized carbons (Fsp3) is 0. The highest BCUT2D eigenvalue weighted by Gasteiger charge is 2.13. The maximum absolute atomic E-state index is 10.5. The number of hydrogen-bond donors (Lipinski definition) is 4. The van der Waals surface area contributed by atoms with Gasteiger partial charge in [-0.15, -0.1) is 0 Å². The van der Waals surface area contributed by atoms with Gasteiger partial charge >= 0.3 is 11.9 Å². The largest absolute Gasteiger partial charge is 0.744 e. The van der Waals surface area contributed by atoms with Crippen molar-refractivity contribution in [2.45, 2.75) is 9.79 Å². The molecule has 0 aliphatic heterocycles. The lowest BCUT2D eigenvalue weighted by Crippen LogP contribution is -2.07. The van der Waals surface area contributed by atoms with Gasteiger partial charge in [0, 0.05) is 0 Å². The van der Waals surface area contributed by atoms with Crippen LogP contribution in [0.25, 0.3) is 0 Å². The number of H-pyrrole nitrogens is 2. The van der Waals surface area contributed by atoms with Gasteiger partial charge in [0.05, 0.1) is 9.79 Å². The molecule has 10 N–H and O–H groups in total. The van der Waals surface area contributed by atoms with E-state index in [4.69, 9.17) is 20.4 Å². The molecule has 198 valence electrons. The summed E-state index contributed by atoms with van der Waals surface area (Å²) in [6.07, 6.45) is 7.28. The lowest BCUT2D eigenvalue weighted by molar-refractivity contribution is -0.447. The monoisotopic (exact) mass is 552 g/mol. The molecule has 36 heavy (non-hydrogen) atoms. The zero-order valence-corrected chi connectivity index (χ0v) is 19.3. The number of phenols is 2. The molecular formula is C18H20N2O14S2. The molecule has 0 unspecified atom stereocenters. The number of carboxylic acid groups (broad SMARTS) is 2. The van der Waals surface area contributed by atoms with Gasteiger partial charge < -0.3 is 40.5 Å². The maximum Gasteiger partial charge on any atom is 0.339 e. The molecule has 0 aliphatic rings. The smallest absolute Gasteiger partial charge is 0.339 e. The molecule has 0 aliphatic carbocycles. The summed E-state index contributed by atoms with van der Waals surface area (Å²) in [6, 6.07) is 4.58. The minimum atomic E-state index is -4.70. The van der Waals surface area contributed by atoms with E-state index in [2.05, 4.69) is 9.97 Å². The van der Waals surface area contributed by atoms with E-state index >= 15 is 0 Å². The fourth-order valence-corrected chi connectivity index (χ4v) is 2.98. The van der Waals surface area contributed by atoms with E-state index in [0.717, 1.165) is 24.3 Å². The Bertz CT molecular complexity index is 1260. The van der Waals surface area contributed by atoms with Gasteiger partial charge in [0.2, 0.25) is 24.8 Å². The third kappa shape index (κ3) is 10.8. The first-order valence-corrected chi connectivity index (χ1v) is 11.3. The van der Waals surface area contributed by atoms with Gasteiger partial charge in [-0.05, 0) is 36.4 Å². The minimum Gasteiger partial charge on any atom is -0.744 e. The number of aromatic nitrogens is 2. The van der Waals surface area contributed by atoms with Crippen LogP contribution < -0.4 is 9.97 Å². The van der Waals surface area contributed by atoms with E-state index in [1.807, 2.05) is 24.8 Å². The number of rotatable bonds is 4. The van der Waals surface area contributed by atoms with E-state index < -0.39 is 64.6 Å². The summed E-state index contributed by atoms with van der Waals surface area (Å²) in [4.78, 5) is 25.2. The summed E-state index contributed by atoms with van der Waals surface area (Å²) < 4.78 is 62.9. The number of aromatic carboxylic acids is 2. The van der Waals surface area contributed by atoms with Crippen LogP contribution in [0.1, 0.15) is 20.7 Å². The second-order valence-electron chi connectivity index (χ2n) is 5.88. The average molecular weight is 552 g/mol. The second-order valence-corrected chi connectivity index (χ2v) is 8.64. The first kappa shape index (κ1) is 34.0. The molecule has 3 rings (SSSR count). The van der Waals surface area contributed by atoms with Crippen molar-refractivity contribution in [2.75, 3.05) is 0 Å². The molecular weight excluding hydrogens is 532 g/mol. The normalized spacial score (nSPS) is 10.1. The molecule has 1 heterocycles. The molecule has 0 atom stereocenters. The van der Waals surface area contributed by atoms with Crippen LogP contribution in [0.15, 0.2) is 71.0 Å². The maximum atomic E-state index is 10.5. The van der Waals surface area contributed by atoms with Crippen molar-refractivity contribution >= 4 is 32.2 Å². The van der Waals surface area contributed by atoms with Gasteiger partial charge in [0.25, 0.3) is 0 Å². The third-order valence-electron chi connectivity index (χ3n) is 3.53. The number of carbonyl (C=O) groups is 2. The molecule has 16 nitrogen and oxygen atoms in total. The van der Waals surface area contributed by atoms with E-state index in [0.29, 0.717) is 12.1 Å². The number of carboxylic acids is 2. The fourth-order valence-electron chi connectivity index (χ4n) is 1.99. The summed E-state index contributed by atoms with van der Waals surface area (Å²) in [5.41, 5.74) is -1.25. The zero-order valence-electron chi connectivity index (χ0n) is 17.6. The van der Waals surface area contributed by atoms with E-state index in [-0.39, 0.29) is 11.0 Å². The van der Waals surface area contributed by atoms with Crippen LogP contribution in [0.5, 0.6) is 11.5 Å². The van der Waals surface area contributed by atoms with Crippen molar-refractivity contribution in [1.29, 1.82) is 0 Å². The molecule has 0 saturated carbocycles. The summed E-state index contributed by atoms with van der Waals surface area (Å²) in [6.45, 7) is 0. The standard InChI is InChI=1S/2C7H6O6S.C4H4N2.2H2O/c2*8-6-2-1-4(14(11,12)13)3-5(6)7(9)10;1-2-6-4-3-5-1;;/h2*1-3,8H,(H,9,10)(H,11,12,13);1-4H;2*1H2. The number of benzene rings is 2. The second kappa shape index (κ2) is 14.3. The number of nitrogens with one attached hydrogen (secondary N) is 2. The Morgan fingerprint density at radius 2 is 0.917 bits per heavy atom. The molecule has 0 saturated heterocycles. The highest BCUT2D eigenvalue weighted by Crippen LogP contribution is 2.21. The Hall–Kier alpha value is -4.20.